The van der Waals surface area contributed by atoms with Gasteiger partial charge in [0.25, 0.3) is 0 Å². The zero-order valence-corrected chi connectivity index (χ0v) is 14.2. The van der Waals surface area contributed by atoms with E-state index in [2.05, 4.69) is 0 Å². The molecule has 2 aromatic carbocycles. The summed E-state index contributed by atoms with van der Waals surface area (Å²) < 4.78 is 11.2. The highest BCUT2D eigenvalue weighted by atomic mass is 16.8. The summed E-state index contributed by atoms with van der Waals surface area (Å²) in [5.41, 5.74) is 9.13. The molecule has 0 radical (unpaired) electrons. The number of anilines is 1. The van der Waals surface area contributed by atoms with Crippen molar-refractivity contribution in [2.24, 2.45) is 0 Å². The molecule has 2 heterocycles. The van der Waals surface area contributed by atoms with Crippen LogP contribution in [0.25, 0.3) is 0 Å². The number of fused-ring (bicyclic) bond motifs is 2. The van der Waals surface area contributed by atoms with Crippen LogP contribution in [0.15, 0.2) is 60.7 Å². The Balaban J connectivity index is 1.93. The molecule has 26 heavy (non-hydrogen) atoms. The van der Waals surface area contributed by atoms with E-state index >= 15 is 0 Å². The number of hydrogen-bond acceptors (Lipinski definition) is 6. The van der Waals surface area contributed by atoms with Gasteiger partial charge in [0.2, 0.25) is 0 Å². The summed E-state index contributed by atoms with van der Waals surface area (Å²) in [5.74, 6) is -2.99. The molecule has 6 nitrogen and oxygen atoms in total. The lowest BCUT2D eigenvalue weighted by Gasteiger charge is -2.45. The fourth-order valence-electron chi connectivity index (χ4n) is 3.65. The van der Waals surface area contributed by atoms with Crippen molar-refractivity contribution in [1.29, 1.82) is 0 Å². The topological polar surface area (TPSA) is 81.9 Å². The number of rotatable bonds is 1. The Morgan fingerprint density at radius 3 is 2.31 bits per heavy atom. The van der Waals surface area contributed by atoms with Gasteiger partial charge < -0.3 is 15.2 Å². The van der Waals surface area contributed by atoms with Gasteiger partial charge in [-0.25, -0.2) is 14.5 Å². The second-order valence-electron chi connectivity index (χ2n) is 6.41. The number of ether oxygens (including phenoxy) is 2. The van der Waals surface area contributed by atoms with Crippen LogP contribution in [-0.4, -0.2) is 30.4 Å². The number of nitrogens with zero attached hydrogens (tertiary/aromatic N) is 1. The SMILES string of the molecule is CN1CC(c2ccccc2)c2cccc(N)c2C12OC(=O)C=CC(=O)O2. The van der Waals surface area contributed by atoms with E-state index in [4.69, 9.17) is 15.2 Å². The predicted octanol–water partition coefficient (Wildman–Crippen LogP) is 2.11. The smallest absolute Gasteiger partial charge is 0.351 e. The van der Waals surface area contributed by atoms with Gasteiger partial charge in [-0.3, -0.25) is 0 Å². The maximum absolute atomic E-state index is 12.1. The number of nitrogen functional groups attached to an aromatic ring is 1. The number of carbonyl (C=O) groups is 2. The van der Waals surface area contributed by atoms with Crippen molar-refractivity contribution in [2.45, 2.75) is 11.8 Å². The molecule has 1 unspecified atom stereocenters. The van der Waals surface area contributed by atoms with Crippen LogP contribution in [0.3, 0.4) is 0 Å². The minimum atomic E-state index is -1.68. The summed E-state index contributed by atoms with van der Waals surface area (Å²) in [6.45, 7) is 0.487. The van der Waals surface area contributed by atoms with Gasteiger partial charge in [0.1, 0.15) is 0 Å². The van der Waals surface area contributed by atoms with Gasteiger partial charge in [-0.1, -0.05) is 42.5 Å². The summed E-state index contributed by atoms with van der Waals surface area (Å²) in [5, 5.41) is 0. The largest absolute Gasteiger partial charge is 0.401 e. The fourth-order valence-corrected chi connectivity index (χ4v) is 3.65. The van der Waals surface area contributed by atoms with Gasteiger partial charge in [0.15, 0.2) is 0 Å². The Morgan fingerprint density at radius 1 is 1.00 bits per heavy atom. The predicted molar refractivity (Wildman–Crippen MR) is 94.8 cm³/mol. The van der Waals surface area contributed by atoms with Crippen LogP contribution in [0.5, 0.6) is 0 Å². The summed E-state index contributed by atoms with van der Waals surface area (Å²) >= 11 is 0. The molecule has 0 saturated heterocycles. The summed E-state index contributed by atoms with van der Waals surface area (Å²) in [7, 11) is 1.75. The number of likely N-dealkylation sites (N-methyl/N-ethyl adjacent to an activating group) is 1. The molecule has 0 aromatic heterocycles. The zero-order chi connectivity index (χ0) is 18.3. The standard InChI is InChI=1S/C20H18N2O4/c1-22-12-15(13-6-3-2-4-7-13)14-8-5-9-16(21)19(14)20(22)25-17(23)10-11-18(24)26-20/h2-11,15H,12,21H2,1H3. The first kappa shape index (κ1) is 16.4. The van der Waals surface area contributed by atoms with Crippen LogP contribution in [0.1, 0.15) is 22.6 Å². The molecule has 2 aromatic rings. The van der Waals surface area contributed by atoms with E-state index in [0.29, 0.717) is 17.8 Å². The Morgan fingerprint density at radius 2 is 1.65 bits per heavy atom. The number of esters is 2. The normalized spacial score (nSPS) is 21.7. The molecule has 0 fully saturated rings. The van der Waals surface area contributed by atoms with Gasteiger partial charge in [-0.05, 0) is 24.2 Å². The Bertz CT molecular complexity index is 887. The van der Waals surface area contributed by atoms with Crippen LogP contribution < -0.4 is 5.73 Å². The fraction of sp³-hybridized carbons (Fsp3) is 0.200. The van der Waals surface area contributed by atoms with Gasteiger partial charge in [-0.2, -0.15) is 0 Å². The molecule has 2 aliphatic rings. The molecule has 0 aliphatic carbocycles. The molecule has 1 atom stereocenters. The summed E-state index contributed by atoms with van der Waals surface area (Å²) in [6.07, 6.45) is 2.13. The average molecular weight is 350 g/mol. The highest BCUT2D eigenvalue weighted by Gasteiger charge is 2.53. The molecule has 132 valence electrons. The van der Waals surface area contributed by atoms with Gasteiger partial charge in [0.05, 0.1) is 5.56 Å². The minimum absolute atomic E-state index is 0.000980. The van der Waals surface area contributed by atoms with E-state index in [1.165, 1.54) is 0 Å². The molecular formula is C20H18N2O4. The van der Waals surface area contributed by atoms with Crippen molar-refractivity contribution in [2.75, 3.05) is 19.3 Å². The van der Waals surface area contributed by atoms with Crippen molar-refractivity contribution in [1.82, 2.24) is 4.90 Å². The molecular weight excluding hydrogens is 332 g/mol. The van der Waals surface area contributed by atoms with Crippen molar-refractivity contribution in [3.05, 3.63) is 77.4 Å². The second kappa shape index (κ2) is 6.00. The molecule has 0 amide bonds. The van der Waals surface area contributed by atoms with Crippen LogP contribution in [0.2, 0.25) is 0 Å². The Labute approximate surface area is 150 Å². The third kappa shape index (κ3) is 2.46. The number of nitrogens with two attached hydrogens (primary N) is 1. The second-order valence-corrected chi connectivity index (χ2v) is 6.41. The van der Waals surface area contributed by atoms with Crippen molar-refractivity contribution in [3.8, 4) is 0 Å². The lowest BCUT2D eigenvalue weighted by atomic mass is 9.82. The molecule has 4 rings (SSSR count). The summed E-state index contributed by atoms with van der Waals surface area (Å²) in [4.78, 5) is 25.9. The third-order valence-corrected chi connectivity index (χ3v) is 4.81. The number of carbonyl (C=O) groups excluding carboxylic acids is 2. The van der Waals surface area contributed by atoms with Crippen molar-refractivity contribution >= 4 is 17.6 Å². The van der Waals surface area contributed by atoms with Crippen LogP contribution >= 0.6 is 0 Å². The molecule has 0 saturated carbocycles. The first-order valence-electron chi connectivity index (χ1n) is 8.30. The van der Waals surface area contributed by atoms with Gasteiger partial charge >= 0.3 is 17.8 Å². The average Bonchev–Trinajstić information content (AvgIpc) is 2.78. The van der Waals surface area contributed by atoms with Crippen LogP contribution in [0.4, 0.5) is 5.69 Å². The van der Waals surface area contributed by atoms with Gasteiger partial charge in [0, 0.05) is 30.3 Å². The molecule has 2 aliphatic heterocycles. The maximum atomic E-state index is 12.1. The lowest BCUT2D eigenvalue weighted by Crippen LogP contribution is -2.54. The lowest BCUT2D eigenvalue weighted by molar-refractivity contribution is -0.289. The van der Waals surface area contributed by atoms with Crippen LogP contribution in [0, 0.1) is 0 Å². The van der Waals surface area contributed by atoms with E-state index in [0.717, 1.165) is 23.3 Å². The van der Waals surface area contributed by atoms with E-state index < -0.39 is 17.8 Å². The Kier molecular flexibility index (Phi) is 3.77. The van der Waals surface area contributed by atoms with E-state index in [9.17, 15) is 9.59 Å². The number of hydrogen-bond donors (Lipinski definition) is 1. The first-order chi connectivity index (χ1) is 12.5. The van der Waals surface area contributed by atoms with E-state index in [-0.39, 0.29) is 5.92 Å². The maximum Gasteiger partial charge on any atom is 0.351 e. The minimum Gasteiger partial charge on any atom is -0.401 e. The summed E-state index contributed by atoms with van der Waals surface area (Å²) in [6, 6.07) is 15.5. The van der Waals surface area contributed by atoms with Gasteiger partial charge in [-0.15, -0.1) is 0 Å². The number of benzene rings is 2. The molecule has 0 bridgehead atoms. The zero-order valence-electron chi connectivity index (χ0n) is 14.2. The quantitative estimate of drug-likeness (QED) is 0.627. The highest BCUT2D eigenvalue weighted by Crippen LogP contribution is 2.46. The molecule has 2 N–H and O–H groups in total. The van der Waals surface area contributed by atoms with E-state index in [1.54, 1.807) is 18.0 Å². The highest BCUT2D eigenvalue weighted by molar-refractivity contribution is 5.93. The molecule has 1 spiro atoms. The van der Waals surface area contributed by atoms with Crippen molar-refractivity contribution in [3.63, 3.8) is 0 Å². The monoisotopic (exact) mass is 350 g/mol. The first-order valence-corrected chi connectivity index (χ1v) is 8.30. The van der Waals surface area contributed by atoms with E-state index in [1.807, 2.05) is 42.5 Å². The molecule has 6 heteroatoms. The third-order valence-electron chi connectivity index (χ3n) is 4.81. The van der Waals surface area contributed by atoms with Crippen LogP contribution in [-0.2, 0) is 25.0 Å². The van der Waals surface area contributed by atoms with Crippen molar-refractivity contribution < 1.29 is 19.1 Å². The Hall–Kier alpha value is -3.12.